The number of anilines is 1. The lowest BCUT2D eigenvalue weighted by Gasteiger charge is -2.34. The zero-order valence-electron chi connectivity index (χ0n) is 16.5. The van der Waals surface area contributed by atoms with Crippen LogP contribution in [-0.4, -0.2) is 48.0 Å². The Bertz CT molecular complexity index is 1280. The average Bonchev–Trinajstić information content (AvgIpc) is 3.29. The Balaban J connectivity index is 1.38. The second kappa shape index (κ2) is 6.86. The standard InChI is InChI=1S/C21H19FN8O/c22-17-3-1-2-13-8-15(28-30(13)17)20-19-14(25-11-26-19)6-7-29(20)18-10-23-16(9-24-18)21(31)27-12-4-5-12/h1-3,8-12,20H,4-7H2,(H,25,26)(H,27,31)/t20-/m0/s1. The molecule has 0 radical (unpaired) electrons. The molecule has 1 fully saturated rings. The maximum absolute atomic E-state index is 14.2. The molecule has 1 aliphatic carbocycles. The molecular weight excluding hydrogens is 399 g/mol. The largest absolute Gasteiger partial charge is 0.348 e. The van der Waals surface area contributed by atoms with E-state index in [1.54, 1.807) is 18.6 Å². The number of aromatic nitrogens is 6. The highest BCUT2D eigenvalue weighted by Gasteiger charge is 2.34. The minimum absolute atomic E-state index is 0.206. The van der Waals surface area contributed by atoms with Crippen molar-refractivity contribution in [1.82, 2.24) is 34.9 Å². The van der Waals surface area contributed by atoms with Gasteiger partial charge in [0, 0.05) is 24.7 Å². The smallest absolute Gasteiger partial charge is 0.271 e. The van der Waals surface area contributed by atoms with Crippen molar-refractivity contribution in [3.8, 4) is 0 Å². The first kappa shape index (κ1) is 18.0. The minimum Gasteiger partial charge on any atom is -0.348 e. The molecule has 9 nitrogen and oxygen atoms in total. The summed E-state index contributed by atoms with van der Waals surface area (Å²) >= 11 is 0. The van der Waals surface area contributed by atoms with E-state index >= 15 is 0 Å². The molecule has 1 amide bonds. The number of hydrogen-bond acceptors (Lipinski definition) is 6. The summed E-state index contributed by atoms with van der Waals surface area (Å²) in [5.74, 6) is -0.0273. The molecule has 0 saturated heterocycles. The first-order valence-electron chi connectivity index (χ1n) is 10.2. The fraction of sp³-hybridized carbons (Fsp3) is 0.286. The number of H-pyrrole nitrogens is 1. The van der Waals surface area contributed by atoms with Crippen LogP contribution in [0.5, 0.6) is 0 Å². The van der Waals surface area contributed by atoms with Crippen molar-refractivity contribution < 1.29 is 9.18 Å². The second-order valence-electron chi connectivity index (χ2n) is 7.87. The Morgan fingerprint density at radius 3 is 2.87 bits per heavy atom. The third-order valence-electron chi connectivity index (χ3n) is 5.74. The molecule has 0 spiro atoms. The van der Waals surface area contributed by atoms with Gasteiger partial charge in [0.15, 0.2) is 0 Å². The van der Waals surface area contributed by atoms with Gasteiger partial charge in [-0.1, -0.05) is 6.07 Å². The van der Waals surface area contributed by atoms with Crippen LogP contribution in [0, 0.1) is 5.95 Å². The van der Waals surface area contributed by atoms with E-state index in [-0.39, 0.29) is 18.0 Å². The molecule has 4 aromatic rings. The van der Waals surface area contributed by atoms with Gasteiger partial charge >= 0.3 is 0 Å². The summed E-state index contributed by atoms with van der Waals surface area (Å²) in [6.45, 7) is 0.651. The van der Waals surface area contributed by atoms with Crippen LogP contribution in [0.1, 0.15) is 46.5 Å². The van der Waals surface area contributed by atoms with Crippen LogP contribution in [0.2, 0.25) is 0 Å². The lowest BCUT2D eigenvalue weighted by molar-refractivity contribution is 0.0945. The maximum atomic E-state index is 14.2. The van der Waals surface area contributed by atoms with E-state index in [1.165, 1.54) is 16.8 Å². The molecule has 156 valence electrons. The highest BCUT2D eigenvalue weighted by molar-refractivity contribution is 5.92. The van der Waals surface area contributed by atoms with Crippen molar-refractivity contribution >= 4 is 17.2 Å². The predicted molar refractivity (Wildman–Crippen MR) is 109 cm³/mol. The molecule has 2 N–H and O–H groups in total. The number of halogens is 1. The topological polar surface area (TPSA) is 104 Å². The van der Waals surface area contributed by atoms with Gasteiger partial charge in [-0.05, 0) is 31.0 Å². The molecule has 10 heteroatoms. The van der Waals surface area contributed by atoms with E-state index in [0.29, 0.717) is 29.3 Å². The van der Waals surface area contributed by atoms with Crippen molar-refractivity contribution in [2.45, 2.75) is 31.3 Å². The van der Waals surface area contributed by atoms with Crippen molar-refractivity contribution in [3.05, 3.63) is 71.7 Å². The molecule has 2 aliphatic rings. The third kappa shape index (κ3) is 3.11. The Kier molecular flexibility index (Phi) is 3.98. The van der Waals surface area contributed by atoms with E-state index < -0.39 is 5.95 Å². The zero-order chi connectivity index (χ0) is 20.9. The van der Waals surface area contributed by atoms with E-state index in [4.69, 9.17) is 0 Å². The van der Waals surface area contributed by atoms with Gasteiger partial charge < -0.3 is 15.2 Å². The van der Waals surface area contributed by atoms with Crippen LogP contribution in [0.15, 0.2) is 43.0 Å². The number of aromatic amines is 1. The van der Waals surface area contributed by atoms with Gasteiger partial charge in [0.25, 0.3) is 5.91 Å². The summed E-state index contributed by atoms with van der Waals surface area (Å²) < 4.78 is 15.5. The number of imidazole rings is 1. The van der Waals surface area contributed by atoms with Crippen LogP contribution in [-0.2, 0) is 6.42 Å². The highest BCUT2D eigenvalue weighted by Crippen LogP contribution is 2.35. The SMILES string of the molecule is O=C(NC1CC1)c1cnc(N2CCc3[nH]cnc3[C@@H]2c2cc3cccc(F)n3n2)cn1. The lowest BCUT2D eigenvalue weighted by Crippen LogP contribution is -2.37. The van der Waals surface area contributed by atoms with Crippen molar-refractivity contribution in [2.75, 3.05) is 11.4 Å². The van der Waals surface area contributed by atoms with E-state index in [0.717, 1.165) is 30.7 Å². The molecule has 4 aromatic heterocycles. The number of carbonyl (C=O) groups is 1. The number of amides is 1. The van der Waals surface area contributed by atoms with Crippen LogP contribution < -0.4 is 10.2 Å². The van der Waals surface area contributed by atoms with E-state index in [2.05, 4.69) is 30.4 Å². The summed E-state index contributed by atoms with van der Waals surface area (Å²) in [5.41, 5.74) is 3.46. The zero-order valence-corrected chi connectivity index (χ0v) is 16.5. The first-order valence-corrected chi connectivity index (χ1v) is 10.2. The van der Waals surface area contributed by atoms with Gasteiger partial charge in [0.05, 0.1) is 35.6 Å². The summed E-state index contributed by atoms with van der Waals surface area (Å²) in [6.07, 6.45) is 7.53. The summed E-state index contributed by atoms with van der Waals surface area (Å²) in [7, 11) is 0. The van der Waals surface area contributed by atoms with Gasteiger partial charge in [-0.15, -0.1) is 0 Å². The molecule has 0 aromatic carbocycles. The molecule has 6 rings (SSSR count). The quantitative estimate of drug-likeness (QED) is 0.492. The van der Waals surface area contributed by atoms with Crippen molar-refractivity contribution in [3.63, 3.8) is 0 Å². The fourth-order valence-electron chi connectivity index (χ4n) is 4.03. The molecule has 31 heavy (non-hydrogen) atoms. The van der Waals surface area contributed by atoms with Crippen LogP contribution in [0.25, 0.3) is 5.52 Å². The third-order valence-corrected chi connectivity index (χ3v) is 5.74. The van der Waals surface area contributed by atoms with Gasteiger partial charge in [-0.25, -0.2) is 19.5 Å². The number of fused-ring (bicyclic) bond motifs is 2. The number of nitrogens with zero attached hydrogens (tertiary/aromatic N) is 6. The molecule has 5 heterocycles. The predicted octanol–water partition coefficient (Wildman–Crippen LogP) is 2.03. The Hall–Kier alpha value is -3.82. The number of rotatable bonds is 4. The molecule has 1 atom stereocenters. The summed E-state index contributed by atoms with van der Waals surface area (Å²) in [4.78, 5) is 30.8. The van der Waals surface area contributed by atoms with Gasteiger partial charge in [0.1, 0.15) is 17.6 Å². The van der Waals surface area contributed by atoms with Gasteiger partial charge in [-0.2, -0.15) is 9.49 Å². The molecule has 1 saturated carbocycles. The Morgan fingerprint density at radius 2 is 2.10 bits per heavy atom. The minimum atomic E-state index is -0.431. The van der Waals surface area contributed by atoms with Crippen molar-refractivity contribution in [1.29, 1.82) is 0 Å². The fourth-order valence-corrected chi connectivity index (χ4v) is 4.03. The number of hydrogen-bond donors (Lipinski definition) is 2. The molecular formula is C21H19FN8O. The van der Waals surface area contributed by atoms with Gasteiger partial charge in [0.2, 0.25) is 5.95 Å². The normalized spacial score (nSPS) is 18.2. The monoisotopic (exact) mass is 418 g/mol. The molecule has 0 bridgehead atoms. The Morgan fingerprint density at radius 1 is 1.19 bits per heavy atom. The number of carbonyl (C=O) groups excluding carboxylic acids is 1. The van der Waals surface area contributed by atoms with Crippen LogP contribution >= 0.6 is 0 Å². The average molecular weight is 418 g/mol. The second-order valence-corrected chi connectivity index (χ2v) is 7.87. The summed E-state index contributed by atoms with van der Waals surface area (Å²) in [5, 5.41) is 7.43. The summed E-state index contributed by atoms with van der Waals surface area (Å²) in [6, 6.07) is 6.61. The first-order chi connectivity index (χ1) is 15.2. The van der Waals surface area contributed by atoms with E-state index in [9.17, 15) is 9.18 Å². The van der Waals surface area contributed by atoms with Crippen LogP contribution in [0.3, 0.4) is 0 Å². The number of pyridine rings is 1. The Labute approximate surface area is 176 Å². The van der Waals surface area contributed by atoms with E-state index in [1.807, 2.05) is 17.0 Å². The number of nitrogens with one attached hydrogen (secondary N) is 2. The lowest BCUT2D eigenvalue weighted by atomic mass is 10.00. The molecule has 0 unspecified atom stereocenters. The molecule has 1 aliphatic heterocycles. The van der Waals surface area contributed by atoms with Crippen molar-refractivity contribution in [2.24, 2.45) is 0 Å². The van der Waals surface area contributed by atoms with Crippen LogP contribution in [0.4, 0.5) is 10.2 Å². The van der Waals surface area contributed by atoms with Gasteiger partial charge in [-0.3, -0.25) is 4.79 Å². The highest BCUT2D eigenvalue weighted by atomic mass is 19.1. The maximum Gasteiger partial charge on any atom is 0.271 e.